The van der Waals surface area contributed by atoms with Gasteiger partial charge < -0.3 is 4.74 Å². The van der Waals surface area contributed by atoms with Gasteiger partial charge in [-0.15, -0.1) is 0 Å². The fourth-order valence-electron chi connectivity index (χ4n) is 1.99. The van der Waals surface area contributed by atoms with E-state index in [4.69, 9.17) is 4.74 Å². The maximum atomic E-state index is 13.8. The molecule has 2 rings (SSSR count). The van der Waals surface area contributed by atoms with Crippen LogP contribution in [0.2, 0.25) is 0 Å². The van der Waals surface area contributed by atoms with Crippen molar-refractivity contribution in [3.05, 3.63) is 63.6 Å². The highest BCUT2D eigenvalue weighted by molar-refractivity contribution is 9.10. The summed E-state index contributed by atoms with van der Waals surface area (Å²) >= 11 is 3.04. The van der Waals surface area contributed by atoms with E-state index in [0.29, 0.717) is 5.75 Å². The van der Waals surface area contributed by atoms with Crippen molar-refractivity contribution >= 4 is 15.9 Å². The zero-order valence-corrected chi connectivity index (χ0v) is 13.4. The molecule has 0 unspecified atom stereocenters. The number of hydrogen-bond donors (Lipinski definition) is 0. The normalized spacial score (nSPS) is 10.7. The molecule has 0 amide bonds. The predicted molar refractivity (Wildman–Crippen MR) is 83.4 cm³/mol. The van der Waals surface area contributed by atoms with Crippen molar-refractivity contribution < 1.29 is 13.5 Å². The molecule has 0 aromatic heterocycles. The summed E-state index contributed by atoms with van der Waals surface area (Å²) in [4.78, 5) is 0. The van der Waals surface area contributed by atoms with Crippen molar-refractivity contribution in [1.29, 1.82) is 0 Å². The molecule has 112 valence electrons. The quantitative estimate of drug-likeness (QED) is 0.609. The molecule has 0 bridgehead atoms. The van der Waals surface area contributed by atoms with E-state index in [1.165, 1.54) is 17.7 Å². The molecule has 21 heavy (non-hydrogen) atoms. The highest BCUT2D eigenvalue weighted by atomic mass is 79.9. The summed E-state index contributed by atoms with van der Waals surface area (Å²) in [5.74, 6) is -0.612. The smallest absolute Gasteiger partial charge is 0.146 e. The summed E-state index contributed by atoms with van der Waals surface area (Å²) in [5.41, 5.74) is 1.17. The van der Waals surface area contributed by atoms with Crippen molar-refractivity contribution in [2.45, 2.75) is 32.8 Å². The molecule has 0 saturated heterocycles. The second-order valence-corrected chi connectivity index (χ2v) is 5.71. The van der Waals surface area contributed by atoms with Crippen molar-refractivity contribution in [3.63, 3.8) is 0 Å². The van der Waals surface area contributed by atoms with Crippen molar-refractivity contribution in [3.8, 4) is 5.75 Å². The molecule has 4 heteroatoms. The van der Waals surface area contributed by atoms with E-state index in [9.17, 15) is 8.78 Å². The van der Waals surface area contributed by atoms with Gasteiger partial charge in [-0.3, -0.25) is 0 Å². The minimum atomic E-state index is -0.616. The Morgan fingerprint density at radius 1 is 1.05 bits per heavy atom. The lowest BCUT2D eigenvalue weighted by Crippen LogP contribution is -2.02. The highest BCUT2D eigenvalue weighted by Crippen LogP contribution is 2.23. The number of unbranched alkanes of at least 4 members (excludes halogenated alkanes) is 1. The van der Waals surface area contributed by atoms with Crippen LogP contribution in [0.15, 0.2) is 40.9 Å². The molecule has 0 aliphatic heterocycles. The molecule has 0 fully saturated rings. The van der Waals surface area contributed by atoms with Gasteiger partial charge in [0.2, 0.25) is 0 Å². The molecule has 0 heterocycles. The van der Waals surface area contributed by atoms with Gasteiger partial charge >= 0.3 is 0 Å². The zero-order valence-electron chi connectivity index (χ0n) is 11.8. The minimum absolute atomic E-state index is 0.0700. The Kier molecular flexibility index (Phi) is 5.74. The summed E-state index contributed by atoms with van der Waals surface area (Å²) in [6, 6.07) is 10.2. The second-order valence-electron chi connectivity index (χ2n) is 4.86. The van der Waals surface area contributed by atoms with Gasteiger partial charge in [-0.05, 0) is 58.6 Å². The first-order valence-electron chi connectivity index (χ1n) is 6.96. The average molecular weight is 355 g/mol. The van der Waals surface area contributed by atoms with Crippen LogP contribution in [0.25, 0.3) is 0 Å². The van der Waals surface area contributed by atoms with Crippen molar-refractivity contribution in [2.75, 3.05) is 0 Å². The van der Waals surface area contributed by atoms with Gasteiger partial charge in [-0.25, -0.2) is 8.78 Å². The topological polar surface area (TPSA) is 9.23 Å². The van der Waals surface area contributed by atoms with Crippen LogP contribution < -0.4 is 4.74 Å². The standard InChI is InChI=1S/C17H17BrF2O/c1-2-3-4-12-5-7-13(8-6-12)21-11-14-16(19)10-9-15(18)17(14)20/h5-10H,2-4,11H2,1H3. The molecule has 0 aliphatic carbocycles. The summed E-state index contributed by atoms with van der Waals surface area (Å²) in [6.45, 7) is 2.02. The third kappa shape index (κ3) is 4.27. The summed E-state index contributed by atoms with van der Waals surface area (Å²) in [6.07, 6.45) is 3.33. The predicted octanol–water partition coefficient (Wildman–Crippen LogP) is 5.65. The number of ether oxygens (including phenoxy) is 1. The van der Waals surface area contributed by atoms with Crippen LogP contribution in [-0.4, -0.2) is 0 Å². The van der Waals surface area contributed by atoms with Crippen molar-refractivity contribution in [2.24, 2.45) is 0 Å². The number of aryl methyl sites for hydroxylation is 1. The van der Waals surface area contributed by atoms with Crippen LogP contribution in [-0.2, 0) is 13.0 Å². The SMILES string of the molecule is CCCCc1ccc(OCc2c(F)ccc(Br)c2F)cc1. The van der Waals surface area contributed by atoms with Gasteiger partial charge in [-0.2, -0.15) is 0 Å². The minimum Gasteiger partial charge on any atom is -0.489 e. The Bertz CT molecular complexity index is 596. The first-order valence-corrected chi connectivity index (χ1v) is 7.75. The Morgan fingerprint density at radius 3 is 2.43 bits per heavy atom. The van der Waals surface area contributed by atoms with Crippen LogP contribution in [0, 0.1) is 11.6 Å². The van der Waals surface area contributed by atoms with E-state index >= 15 is 0 Å². The van der Waals surface area contributed by atoms with Gasteiger partial charge in [0.15, 0.2) is 0 Å². The second kappa shape index (κ2) is 7.55. The first kappa shape index (κ1) is 16.0. The maximum Gasteiger partial charge on any atom is 0.146 e. The first-order chi connectivity index (χ1) is 10.1. The zero-order chi connectivity index (χ0) is 15.2. The van der Waals surface area contributed by atoms with E-state index in [1.54, 1.807) is 0 Å². The molecule has 0 radical (unpaired) electrons. The largest absolute Gasteiger partial charge is 0.489 e. The van der Waals surface area contributed by atoms with E-state index in [1.807, 2.05) is 24.3 Å². The van der Waals surface area contributed by atoms with Crippen molar-refractivity contribution in [1.82, 2.24) is 0 Å². The number of halogens is 3. The van der Waals surface area contributed by atoms with E-state index in [-0.39, 0.29) is 16.6 Å². The van der Waals surface area contributed by atoms with Gasteiger partial charge in [0.05, 0.1) is 10.0 Å². The molecule has 0 saturated carbocycles. The molecule has 0 spiro atoms. The van der Waals surface area contributed by atoms with Crippen LogP contribution in [0.4, 0.5) is 8.78 Å². The molecule has 1 nitrogen and oxygen atoms in total. The number of rotatable bonds is 6. The molecular weight excluding hydrogens is 338 g/mol. The lowest BCUT2D eigenvalue weighted by Gasteiger charge is -2.09. The Hall–Kier alpha value is -1.42. The fraction of sp³-hybridized carbons (Fsp3) is 0.294. The Labute approximate surface area is 132 Å². The molecule has 2 aromatic carbocycles. The third-order valence-electron chi connectivity index (χ3n) is 3.26. The van der Waals surface area contributed by atoms with Gasteiger partial charge in [0.1, 0.15) is 24.0 Å². The molecule has 0 atom stereocenters. The Morgan fingerprint density at radius 2 is 1.76 bits per heavy atom. The number of benzene rings is 2. The van der Waals surface area contributed by atoms with Crippen LogP contribution in [0.3, 0.4) is 0 Å². The number of hydrogen-bond acceptors (Lipinski definition) is 1. The van der Waals surface area contributed by atoms with Crippen LogP contribution >= 0.6 is 15.9 Å². The van der Waals surface area contributed by atoms with Crippen LogP contribution in [0.1, 0.15) is 30.9 Å². The molecule has 0 N–H and O–H groups in total. The lowest BCUT2D eigenvalue weighted by molar-refractivity contribution is 0.292. The van der Waals surface area contributed by atoms with Crippen LogP contribution in [0.5, 0.6) is 5.75 Å². The van der Waals surface area contributed by atoms with E-state index in [0.717, 1.165) is 19.3 Å². The molecule has 2 aromatic rings. The molecule has 0 aliphatic rings. The highest BCUT2D eigenvalue weighted by Gasteiger charge is 2.12. The summed E-state index contributed by atoms with van der Waals surface area (Å²) in [5, 5.41) is 0. The van der Waals surface area contributed by atoms with E-state index < -0.39 is 11.6 Å². The van der Waals surface area contributed by atoms with Gasteiger partial charge in [0.25, 0.3) is 0 Å². The average Bonchev–Trinajstić information content (AvgIpc) is 2.50. The summed E-state index contributed by atoms with van der Waals surface area (Å²) in [7, 11) is 0. The van der Waals surface area contributed by atoms with E-state index in [2.05, 4.69) is 22.9 Å². The lowest BCUT2D eigenvalue weighted by atomic mass is 10.1. The Balaban J connectivity index is 2.02. The monoisotopic (exact) mass is 354 g/mol. The van der Waals surface area contributed by atoms with Gasteiger partial charge in [0, 0.05) is 0 Å². The fourth-order valence-corrected chi connectivity index (χ4v) is 2.36. The third-order valence-corrected chi connectivity index (χ3v) is 3.88. The molecular formula is C17H17BrF2O. The summed E-state index contributed by atoms with van der Waals surface area (Å²) < 4.78 is 33.1. The van der Waals surface area contributed by atoms with Gasteiger partial charge in [-0.1, -0.05) is 25.5 Å². The maximum absolute atomic E-state index is 13.8.